The lowest BCUT2D eigenvalue weighted by molar-refractivity contribution is 0.240. The fourth-order valence-corrected chi connectivity index (χ4v) is 2.89. The summed E-state index contributed by atoms with van der Waals surface area (Å²) in [6.45, 7) is 11.9. The number of nitrogens with zero attached hydrogens (tertiary/aromatic N) is 3. The number of likely N-dealkylation sites (N-methyl/N-ethyl adjacent to an activating group) is 1. The van der Waals surface area contributed by atoms with E-state index in [1.165, 1.54) is 38.5 Å². The van der Waals surface area contributed by atoms with Gasteiger partial charge in [-0.15, -0.1) is 0 Å². The second-order valence-electron chi connectivity index (χ2n) is 5.78. The van der Waals surface area contributed by atoms with Crippen molar-refractivity contribution in [3.63, 3.8) is 0 Å². The van der Waals surface area contributed by atoms with Gasteiger partial charge in [-0.25, -0.2) is 0 Å². The van der Waals surface area contributed by atoms with Crippen molar-refractivity contribution in [1.29, 1.82) is 0 Å². The highest BCUT2D eigenvalue weighted by Crippen LogP contribution is 2.16. The maximum Gasteiger partial charge on any atom is 0.191 e. The molecule has 1 atom stereocenters. The molecule has 20 heavy (non-hydrogen) atoms. The molecule has 118 valence electrons. The van der Waals surface area contributed by atoms with Crippen LogP contribution in [0.15, 0.2) is 4.99 Å². The molecule has 0 aliphatic carbocycles. The normalized spacial score (nSPS) is 18.9. The molecule has 1 aliphatic heterocycles. The van der Waals surface area contributed by atoms with Gasteiger partial charge < -0.3 is 15.5 Å². The third-order valence-electron chi connectivity index (χ3n) is 4.39. The van der Waals surface area contributed by atoms with Crippen LogP contribution in [0.4, 0.5) is 0 Å². The summed E-state index contributed by atoms with van der Waals surface area (Å²) in [6.07, 6.45) is 7.97. The summed E-state index contributed by atoms with van der Waals surface area (Å²) in [4.78, 5) is 9.23. The van der Waals surface area contributed by atoms with Gasteiger partial charge in [0.15, 0.2) is 5.96 Å². The second kappa shape index (κ2) is 10.0. The molecule has 1 aliphatic rings. The number of rotatable bonds is 11. The van der Waals surface area contributed by atoms with Gasteiger partial charge in [0.2, 0.25) is 0 Å². The first-order valence-electron chi connectivity index (χ1n) is 8.51. The summed E-state index contributed by atoms with van der Waals surface area (Å²) in [7, 11) is 0. The minimum atomic E-state index is 0.548. The third-order valence-corrected chi connectivity index (χ3v) is 4.39. The summed E-state index contributed by atoms with van der Waals surface area (Å²) in [6, 6.07) is 0.548. The molecule has 0 aromatic carbocycles. The van der Waals surface area contributed by atoms with E-state index in [0.717, 1.165) is 38.7 Å². The molecule has 2 N–H and O–H groups in total. The van der Waals surface area contributed by atoms with E-state index in [4.69, 9.17) is 5.73 Å². The lowest BCUT2D eigenvalue weighted by Crippen LogP contribution is -2.45. The lowest BCUT2D eigenvalue weighted by atomic mass is 10.1. The molecule has 0 spiro atoms. The fourth-order valence-electron chi connectivity index (χ4n) is 2.89. The van der Waals surface area contributed by atoms with Crippen LogP contribution in [0.5, 0.6) is 0 Å². The van der Waals surface area contributed by atoms with E-state index in [1.54, 1.807) is 0 Å². The standard InChI is InChI=1S/C16H34N4/c1-4-7-8-9-10-11-15-14-18-16(17)20(15)13-12-19(5-2)6-3/h15H,4-14H2,1-3H3,(H2,17,18). The first-order chi connectivity index (χ1) is 9.72. The number of aliphatic imine (C=N–C) groups is 1. The van der Waals surface area contributed by atoms with E-state index in [1.807, 2.05) is 0 Å². The highest BCUT2D eigenvalue weighted by molar-refractivity contribution is 5.80. The maximum absolute atomic E-state index is 6.05. The van der Waals surface area contributed by atoms with Gasteiger partial charge in [0.1, 0.15) is 0 Å². The van der Waals surface area contributed by atoms with Gasteiger partial charge in [-0.1, -0.05) is 52.9 Å². The van der Waals surface area contributed by atoms with Crippen LogP contribution in [0.2, 0.25) is 0 Å². The average Bonchev–Trinajstić information content (AvgIpc) is 2.81. The zero-order valence-electron chi connectivity index (χ0n) is 13.8. The van der Waals surface area contributed by atoms with Crippen LogP contribution >= 0.6 is 0 Å². The predicted molar refractivity (Wildman–Crippen MR) is 88.1 cm³/mol. The van der Waals surface area contributed by atoms with Crippen molar-refractivity contribution in [2.24, 2.45) is 10.7 Å². The predicted octanol–water partition coefficient (Wildman–Crippen LogP) is 2.69. The largest absolute Gasteiger partial charge is 0.370 e. The minimum absolute atomic E-state index is 0.548. The Bertz CT molecular complexity index is 274. The number of hydrogen-bond acceptors (Lipinski definition) is 4. The van der Waals surface area contributed by atoms with Crippen LogP contribution in [0, 0.1) is 0 Å². The van der Waals surface area contributed by atoms with Crippen molar-refractivity contribution in [1.82, 2.24) is 9.80 Å². The zero-order chi connectivity index (χ0) is 14.8. The third kappa shape index (κ3) is 5.70. The van der Waals surface area contributed by atoms with Gasteiger partial charge in [0, 0.05) is 13.1 Å². The Balaban J connectivity index is 2.28. The monoisotopic (exact) mass is 282 g/mol. The Kier molecular flexibility index (Phi) is 8.67. The van der Waals surface area contributed by atoms with E-state index in [2.05, 4.69) is 35.6 Å². The van der Waals surface area contributed by atoms with E-state index in [-0.39, 0.29) is 0 Å². The number of guanidine groups is 1. The smallest absolute Gasteiger partial charge is 0.191 e. The molecule has 0 radical (unpaired) electrons. The van der Waals surface area contributed by atoms with E-state index in [0.29, 0.717) is 6.04 Å². The highest BCUT2D eigenvalue weighted by Gasteiger charge is 2.25. The number of nitrogens with two attached hydrogens (primary N) is 1. The number of hydrogen-bond donors (Lipinski definition) is 1. The quantitative estimate of drug-likeness (QED) is 0.593. The summed E-state index contributed by atoms with van der Waals surface area (Å²) < 4.78 is 0. The Morgan fingerprint density at radius 3 is 2.50 bits per heavy atom. The van der Waals surface area contributed by atoms with Crippen LogP contribution < -0.4 is 5.73 Å². The molecule has 1 rings (SSSR count). The van der Waals surface area contributed by atoms with Crippen molar-refractivity contribution in [3.8, 4) is 0 Å². The van der Waals surface area contributed by atoms with Crippen LogP contribution in [0.1, 0.15) is 59.3 Å². The highest BCUT2D eigenvalue weighted by atomic mass is 15.3. The van der Waals surface area contributed by atoms with E-state index in [9.17, 15) is 0 Å². The number of unbranched alkanes of at least 4 members (excludes halogenated alkanes) is 4. The molecule has 1 unspecified atom stereocenters. The SMILES string of the molecule is CCCCCCCC1CN=C(N)N1CCN(CC)CC. The molecular weight excluding hydrogens is 248 g/mol. The van der Waals surface area contributed by atoms with Gasteiger partial charge in [-0.3, -0.25) is 4.99 Å². The van der Waals surface area contributed by atoms with Crippen LogP contribution in [-0.4, -0.2) is 54.5 Å². The van der Waals surface area contributed by atoms with Crippen molar-refractivity contribution in [2.75, 3.05) is 32.7 Å². The van der Waals surface area contributed by atoms with Crippen molar-refractivity contribution in [2.45, 2.75) is 65.3 Å². The molecular formula is C16H34N4. The Hall–Kier alpha value is -0.770. The zero-order valence-corrected chi connectivity index (χ0v) is 13.8. The van der Waals surface area contributed by atoms with Gasteiger partial charge in [-0.2, -0.15) is 0 Å². The summed E-state index contributed by atoms with van der Waals surface area (Å²) in [5.74, 6) is 0.760. The molecule has 0 saturated carbocycles. The van der Waals surface area contributed by atoms with E-state index < -0.39 is 0 Å². The lowest BCUT2D eigenvalue weighted by Gasteiger charge is -2.29. The van der Waals surface area contributed by atoms with Gasteiger partial charge in [0.05, 0.1) is 12.6 Å². The van der Waals surface area contributed by atoms with Crippen LogP contribution in [0.25, 0.3) is 0 Å². The first-order valence-corrected chi connectivity index (χ1v) is 8.51. The molecule has 0 bridgehead atoms. The average molecular weight is 282 g/mol. The van der Waals surface area contributed by atoms with Gasteiger partial charge >= 0.3 is 0 Å². The van der Waals surface area contributed by atoms with Crippen LogP contribution in [-0.2, 0) is 0 Å². The molecule has 0 aromatic rings. The minimum Gasteiger partial charge on any atom is -0.370 e. The fraction of sp³-hybridized carbons (Fsp3) is 0.938. The summed E-state index contributed by atoms with van der Waals surface area (Å²) in [5, 5.41) is 0. The summed E-state index contributed by atoms with van der Waals surface area (Å²) in [5.41, 5.74) is 6.05. The van der Waals surface area contributed by atoms with Gasteiger partial charge in [0.25, 0.3) is 0 Å². The Morgan fingerprint density at radius 2 is 1.85 bits per heavy atom. The molecule has 0 saturated heterocycles. The molecule has 0 fully saturated rings. The summed E-state index contributed by atoms with van der Waals surface area (Å²) >= 11 is 0. The first kappa shape index (κ1) is 17.3. The molecule has 1 heterocycles. The Morgan fingerprint density at radius 1 is 1.15 bits per heavy atom. The molecule has 0 amide bonds. The van der Waals surface area contributed by atoms with Crippen molar-refractivity contribution < 1.29 is 0 Å². The molecule has 4 heteroatoms. The second-order valence-corrected chi connectivity index (χ2v) is 5.78. The van der Waals surface area contributed by atoms with Gasteiger partial charge in [-0.05, 0) is 19.5 Å². The van der Waals surface area contributed by atoms with Crippen molar-refractivity contribution in [3.05, 3.63) is 0 Å². The topological polar surface area (TPSA) is 44.9 Å². The Labute approximate surface area is 125 Å². The van der Waals surface area contributed by atoms with Crippen LogP contribution in [0.3, 0.4) is 0 Å². The molecule has 0 aromatic heterocycles. The van der Waals surface area contributed by atoms with Crippen molar-refractivity contribution >= 4 is 5.96 Å². The van der Waals surface area contributed by atoms with E-state index >= 15 is 0 Å². The molecule has 4 nitrogen and oxygen atoms in total. The maximum atomic E-state index is 6.05.